The van der Waals surface area contributed by atoms with Crippen LogP contribution in [0, 0.1) is 5.41 Å². The molecule has 0 saturated carbocycles. The molecule has 3 rings (SSSR count). The van der Waals surface area contributed by atoms with E-state index >= 15 is 0 Å². The van der Waals surface area contributed by atoms with Gasteiger partial charge >= 0.3 is 0 Å². The summed E-state index contributed by atoms with van der Waals surface area (Å²) in [6.07, 6.45) is 3.28. The molecule has 0 atom stereocenters. The Bertz CT molecular complexity index is 626. The van der Waals surface area contributed by atoms with Gasteiger partial charge in [-0.15, -0.1) is 5.06 Å². The van der Waals surface area contributed by atoms with Gasteiger partial charge < -0.3 is 4.84 Å². The van der Waals surface area contributed by atoms with Gasteiger partial charge in [-0.05, 0) is 35.4 Å². The second kappa shape index (κ2) is 3.92. The van der Waals surface area contributed by atoms with Crippen molar-refractivity contribution in [2.75, 3.05) is 0 Å². The van der Waals surface area contributed by atoms with Gasteiger partial charge in [0.2, 0.25) is 0 Å². The highest BCUT2D eigenvalue weighted by Crippen LogP contribution is 2.23. The van der Waals surface area contributed by atoms with Gasteiger partial charge in [0.05, 0.1) is 5.57 Å². The van der Waals surface area contributed by atoms with E-state index in [2.05, 4.69) is 4.99 Å². The molecule has 0 aliphatic carbocycles. The number of hydrogen-bond acceptors (Lipinski definition) is 4. The second-order valence-electron chi connectivity index (χ2n) is 3.88. The maximum Gasteiger partial charge on any atom is 0.282 e. The van der Waals surface area contributed by atoms with Crippen LogP contribution in [0.3, 0.4) is 0 Å². The van der Waals surface area contributed by atoms with Gasteiger partial charge in [-0.1, -0.05) is 0 Å². The van der Waals surface area contributed by atoms with Crippen LogP contribution in [0.25, 0.3) is 6.08 Å². The molecular weight excluding hydrogens is 250 g/mol. The van der Waals surface area contributed by atoms with Crippen LogP contribution in [-0.4, -0.2) is 22.6 Å². The Balaban J connectivity index is 2.01. The quantitative estimate of drug-likeness (QED) is 0.786. The number of carbonyl (C=O) groups excluding carboxylic acids is 1. The van der Waals surface area contributed by atoms with Crippen molar-refractivity contribution in [1.29, 1.82) is 5.41 Å². The molecule has 90 valence electrons. The lowest BCUT2D eigenvalue weighted by Crippen LogP contribution is -2.38. The molecule has 6 heteroatoms. The Labute approximate surface area is 107 Å². The molecule has 0 saturated heterocycles. The number of rotatable bonds is 1. The predicted molar refractivity (Wildman–Crippen MR) is 69.1 cm³/mol. The van der Waals surface area contributed by atoms with E-state index in [0.717, 1.165) is 5.56 Å². The summed E-state index contributed by atoms with van der Waals surface area (Å²) in [5.74, 6) is 0.587. The molecule has 3 heterocycles. The van der Waals surface area contributed by atoms with Crippen LogP contribution in [0.2, 0.25) is 0 Å². The number of amides is 1. The average molecular weight is 259 g/mol. The number of nitrogens with zero attached hydrogens (tertiary/aromatic N) is 2. The van der Waals surface area contributed by atoms with Crippen LogP contribution >= 0.6 is 11.3 Å². The van der Waals surface area contributed by atoms with Crippen LogP contribution in [0.15, 0.2) is 39.2 Å². The third-order valence-electron chi connectivity index (χ3n) is 2.53. The summed E-state index contributed by atoms with van der Waals surface area (Å²) >= 11 is 1.53. The van der Waals surface area contributed by atoms with Gasteiger partial charge in [0, 0.05) is 6.08 Å². The molecule has 18 heavy (non-hydrogen) atoms. The molecule has 1 amide bonds. The standard InChI is InChI=1S/C12H9N3O2S/c1-7-4-10-14-12(16)9(11(13)15(10)17-7)5-8-2-3-18-6-8/h2-6,13H,1H3. The zero-order chi connectivity index (χ0) is 12.7. The first-order valence-electron chi connectivity index (χ1n) is 5.27. The fourth-order valence-corrected chi connectivity index (χ4v) is 2.34. The number of carbonyl (C=O) groups is 1. The van der Waals surface area contributed by atoms with E-state index in [0.29, 0.717) is 11.6 Å². The van der Waals surface area contributed by atoms with Crippen LogP contribution in [0.1, 0.15) is 12.5 Å². The second-order valence-corrected chi connectivity index (χ2v) is 4.66. The number of nitrogens with one attached hydrogen (secondary N) is 1. The van der Waals surface area contributed by atoms with E-state index in [1.807, 2.05) is 16.8 Å². The van der Waals surface area contributed by atoms with Crippen molar-refractivity contribution >= 4 is 35.0 Å². The van der Waals surface area contributed by atoms with E-state index in [1.165, 1.54) is 16.4 Å². The SMILES string of the molecule is CC1=CC2=NC(=O)C(=Cc3ccsc3)C(=N)N2O1. The zero-order valence-electron chi connectivity index (χ0n) is 9.51. The summed E-state index contributed by atoms with van der Waals surface area (Å²) < 4.78 is 0. The van der Waals surface area contributed by atoms with Gasteiger partial charge in [-0.3, -0.25) is 10.2 Å². The monoisotopic (exact) mass is 259 g/mol. The first-order valence-corrected chi connectivity index (χ1v) is 6.21. The number of hydrogen-bond donors (Lipinski definition) is 1. The van der Waals surface area contributed by atoms with Crippen molar-refractivity contribution in [3.63, 3.8) is 0 Å². The zero-order valence-corrected chi connectivity index (χ0v) is 10.3. The molecule has 2 aliphatic heterocycles. The summed E-state index contributed by atoms with van der Waals surface area (Å²) in [6.45, 7) is 1.75. The average Bonchev–Trinajstić information content (AvgIpc) is 2.93. The van der Waals surface area contributed by atoms with Crippen LogP contribution in [0.4, 0.5) is 0 Å². The minimum atomic E-state index is -0.410. The third-order valence-corrected chi connectivity index (χ3v) is 3.24. The molecule has 0 aromatic carbocycles. The van der Waals surface area contributed by atoms with Gasteiger partial charge in [0.15, 0.2) is 11.7 Å². The van der Waals surface area contributed by atoms with Crippen LogP contribution in [-0.2, 0) is 9.63 Å². The van der Waals surface area contributed by atoms with Crippen LogP contribution in [0.5, 0.6) is 0 Å². The molecule has 1 aromatic heterocycles. The highest BCUT2D eigenvalue weighted by Gasteiger charge is 2.34. The minimum absolute atomic E-state index is 0.0179. The number of amidine groups is 2. The molecular formula is C12H9N3O2S. The van der Waals surface area contributed by atoms with Crippen molar-refractivity contribution < 1.29 is 9.63 Å². The lowest BCUT2D eigenvalue weighted by atomic mass is 10.1. The molecule has 0 fully saturated rings. The summed E-state index contributed by atoms with van der Waals surface area (Å²) in [4.78, 5) is 21.1. The van der Waals surface area contributed by atoms with E-state index in [1.54, 1.807) is 19.1 Å². The molecule has 1 aromatic rings. The third kappa shape index (κ3) is 1.67. The molecule has 2 aliphatic rings. The smallest absolute Gasteiger partial charge is 0.282 e. The minimum Gasteiger partial charge on any atom is -0.376 e. The van der Waals surface area contributed by atoms with Crippen molar-refractivity contribution in [2.45, 2.75) is 6.92 Å². The summed E-state index contributed by atoms with van der Waals surface area (Å²) in [5, 5.41) is 13.1. The number of hydroxylamine groups is 2. The molecule has 0 spiro atoms. The molecule has 0 unspecified atom stereocenters. The molecule has 5 nitrogen and oxygen atoms in total. The van der Waals surface area contributed by atoms with Gasteiger partial charge in [0.25, 0.3) is 5.91 Å². The van der Waals surface area contributed by atoms with Crippen LogP contribution < -0.4 is 0 Å². The first kappa shape index (κ1) is 10.9. The fourth-order valence-electron chi connectivity index (χ4n) is 1.72. The summed E-state index contributed by atoms with van der Waals surface area (Å²) in [7, 11) is 0. The maximum atomic E-state index is 11.9. The number of aliphatic imine (C=N–C) groups is 1. The topological polar surface area (TPSA) is 65.8 Å². The number of fused-ring (bicyclic) bond motifs is 1. The molecule has 1 N–H and O–H groups in total. The highest BCUT2D eigenvalue weighted by molar-refractivity contribution is 7.08. The first-order chi connectivity index (χ1) is 8.65. The van der Waals surface area contributed by atoms with E-state index in [4.69, 9.17) is 10.2 Å². The fraction of sp³-hybridized carbons (Fsp3) is 0.0833. The van der Waals surface area contributed by atoms with Gasteiger partial charge in [-0.25, -0.2) is 0 Å². The van der Waals surface area contributed by atoms with E-state index in [9.17, 15) is 4.79 Å². The Kier molecular flexibility index (Phi) is 2.38. The van der Waals surface area contributed by atoms with Crippen molar-refractivity contribution in [3.8, 4) is 0 Å². The van der Waals surface area contributed by atoms with Gasteiger partial charge in [0.1, 0.15) is 5.76 Å². The highest BCUT2D eigenvalue weighted by atomic mass is 32.1. The normalized spacial score (nSPS) is 20.7. The van der Waals surface area contributed by atoms with Crippen molar-refractivity contribution in [3.05, 3.63) is 39.8 Å². The van der Waals surface area contributed by atoms with E-state index < -0.39 is 5.91 Å². The predicted octanol–water partition coefficient (Wildman–Crippen LogP) is 2.20. The Hall–Kier alpha value is -2.21. The molecule has 0 bridgehead atoms. The Morgan fingerprint density at radius 3 is 3.11 bits per heavy atom. The number of thiophene rings is 1. The van der Waals surface area contributed by atoms with Crippen molar-refractivity contribution in [2.24, 2.45) is 4.99 Å². The maximum absolute atomic E-state index is 11.9. The van der Waals surface area contributed by atoms with E-state index in [-0.39, 0.29) is 11.4 Å². The summed E-state index contributed by atoms with van der Waals surface area (Å²) in [5.41, 5.74) is 1.12. The number of allylic oxidation sites excluding steroid dienone is 1. The largest absolute Gasteiger partial charge is 0.376 e. The van der Waals surface area contributed by atoms with Crippen molar-refractivity contribution in [1.82, 2.24) is 5.06 Å². The lowest BCUT2D eigenvalue weighted by Gasteiger charge is -2.22. The Morgan fingerprint density at radius 2 is 2.39 bits per heavy atom. The van der Waals surface area contributed by atoms with Gasteiger partial charge in [-0.2, -0.15) is 16.3 Å². The molecule has 0 radical (unpaired) electrons. The lowest BCUT2D eigenvalue weighted by molar-refractivity contribution is -0.114. The summed E-state index contributed by atoms with van der Waals surface area (Å²) in [6, 6.07) is 1.88. The Morgan fingerprint density at radius 1 is 1.56 bits per heavy atom.